The number of amides is 1. The minimum absolute atomic E-state index is 0.200. The summed E-state index contributed by atoms with van der Waals surface area (Å²) in [5, 5.41) is 0. The minimum atomic E-state index is -0.294. The topological polar surface area (TPSA) is 108 Å². The molecule has 2 aromatic carbocycles. The second-order valence-electron chi connectivity index (χ2n) is 8.45. The number of para-hydroxylation sites is 1. The van der Waals surface area contributed by atoms with Crippen LogP contribution >= 0.6 is 0 Å². The number of likely N-dealkylation sites (tertiary alicyclic amines) is 1. The summed E-state index contributed by atoms with van der Waals surface area (Å²) in [6, 6.07) is 16.7. The van der Waals surface area contributed by atoms with Gasteiger partial charge >= 0.3 is 5.69 Å². The normalized spacial score (nSPS) is 14.1. The molecule has 9 heteroatoms. The van der Waals surface area contributed by atoms with Crippen molar-refractivity contribution in [2.24, 2.45) is 5.92 Å². The molecule has 0 aliphatic carbocycles. The van der Waals surface area contributed by atoms with E-state index < -0.39 is 0 Å². The summed E-state index contributed by atoms with van der Waals surface area (Å²) in [7, 11) is 0. The average molecular weight is 469 g/mol. The zero-order chi connectivity index (χ0) is 24.4. The molecule has 1 aliphatic heterocycles. The summed E-state index contributed by atoms with van der Waals surface area (Å²) in [4.78, 5) is 35.5. The van der Waals surface area contributed by atoms with Gasteiger partial charge in [-0.25, -0.2) is 14.8 Å². The maximum Gasteiger partial charge on any atom is 0.335 e. The molecule has 4 aromatic rings. The van der Waals surface area contributed by atoms with Gasteiger partial charge in [0.2, 0.25) is 0 Å². The lowest BCUT2D eigenvalue weighted by Crippen LogP contribution is -2.39. The molecular weight excluding hydrogens is 444 g/mol. The van der Waals surface area contributed by atoms with E-state index in [2.05, 4.69) is 15.9 Å². The lowest BCUT2D eigenvalue weighted by Gasteiger charge is -2.30. The van der Waals surface area contributed by atoms with Gasteiger partial charge in [0.05, 0.1) is 5.69 Å². The van der Waals surface area contributed by atoms with Crippen LogP contribution in [-0.2, 0) is 11.3 Å². The number of anilines is 1. The Balaban J connectivity index is 1.45. The van der Waals surface area contributed by atoms with Crippen molar-refractivity contribution >= 4 is 22.9 Å². The van der Waals surface area contributed by atoms with Crippen LogP contribution in [0.5, 0.6) is 11.5 Å². The number of nitrogens with two attached hydrogens (primary N) is 1. The maximum absolute atomic E-state index is 13.6. The number of aromatic nitrogens is 4. The summed E-state index contributed by atoms with van der Waals surface area (Å²) in [6.07, 6.45) is 8.10. The van der Waals surface area contributed by atoms with Crippen molar-refractivity contribution in [2.75, 3.05) is 18.8 Å². The van der Waals surface area contributed by atoms with Crippen molar-refractivity contribution in [1.82, 2.24) is 24.0 Å². The Morgan fingerprint density at radius 3 is 2.43 bits per heavy atom. The highest BCUT2D eigenvalue weighted by Gasteiger charge is 2.25. The molecule has 1 saturated heterocycles. The number of carbonyl (C=O) groups is 1. The van der Waals surface area contributed by atoms with Crippen LogP contribution in [0.4, 0.5) is 5.82 Å². The van der Waals surface area contributed by atoms with Crippen molar-refractivity contribution in [1.29, 1.82) is 0 Å². The molecule has 0 radical (unpaired) electrons. The van der Waals surface area contributed by atoms with Gasteiger partial charge in [0.25, 0.3) is 5.91 Å². The van der Waals surface area contributed by atoms with Crippen molar-refractivity contribution in [3.8, 4) is 29.5 Å². The van der Waals surface area contributed by atoms with Crippen LogP contribution in [0.15, 0.2) is 65.7 Å². The molecule has 3 heterocycles. The van der Waals surface area contributed by atoms with Crippen molar-refractivity contribution in [3.63, 3.8) is 0 Å². The van der Waals surface area contributed by atoms with Gasteiger partial charge in [-0.15, -0.1) is 6.42 Å². The Morgan fingerprint density at radius 1 is 1.06 bits per heavy atom. The predicted octanol–water partition coefficient (Wildman–Crippen LogP) is 2.83. The fourth-order valence-electron chi connectivity index (χ4n) is 4.46. The number of benzene rings is 2. The number of hydrogen-bond donors (Lipinski definition) is 1. The summed E-state index contributed by atoms with van der Waals surface area (Å²) >= 11 is 0. The number of nitrogen functional groups attached to an aromatic ring is 1. The van der Waals surface area contributed by atoms with E-state index in [1.807, 2.05) is 30.3 Å². The first-order valence-electron chi connectivity index (χ1n) is 11.4. The molecule has 176 valence electrons. The highest BCUT2D eigenvalue weighted by Crippen LogP contribution is 2.26. The number of hydrogen-bond acceptors (Lipinski definition) is 6. The number of piperidine rings is 1. The molecule has 35 heavy (non-hydrogen) atoms. The molecule has 0 atom stereocenters. The SMILES string of the molecule is C#CC(=O)N1CCC(Cn2c(=O)n(-c3ccc(Oc4ccccc4)cc3)c3c(N)ncnc32)CC1. The lowest BCUT2D eigenvalue weighted by molar-refractivity contribution is -0.126. The van der Waals surface area contributed by atoms with Crippen molar-refractivity contribution in [2.45, 2.75) is 19.4 Å². The predicted molar refractivity (Wildman–Crippen MR) is 132 cm³/mol. The molecule has 1 fully saturated rings. The molecule has 0 saturated carbocycles. The minimum Gasteiger partial charge on any atom is -0.457 e. The largest absolute Gasteiger partial charge is 0.457 e. The molecule has 0 spiro atoms. The van der Waals surface area contributed by atoms with Gasteiger partial charge in [0.1, 0.15) is 23.3 Å². The second kappa shape index (κ2) is 9.35. The van der Waals surface area contributed by atoms with Crippen LogP contribution in [-0.4, -0.2) is 43.0 Å². The molecular formula is C26H24N6O3. The lowest BCUT2D eigenvalue weighted by atomic mass is 9.96. The van der Waals surface area contributed by atoms with E-state index in [9.17, 15) is 9.59 Å². The fraction of sp³-hybridized carbons (Fsp3) is 0.231. The number of carbonyl (C=O) groups excluding carboxylic acids is 1. The van der Waals surface area contributed by atoms with Crippen LogP contribution in [0, 0.1) is 18.3 Å². The fourth-order valence-corrected chi connectivity index (χ4v) is 4.46. The van der Waals surface area contributed by atoms with E-state index in [1.165, 1.54) is 10.9 Å². The zero-order valence-electron chi connectivity index (χ0n) is 19.0. The van der Waals surface area contributed by atoms with Crippen molar-refractivity contribution < 1.29 is 9.53 Å². The summed E-state index contributed by atoms with van der Waals surface area (Å²) in [5.41, 5.74) is 7.53. The van der Waals surface area contributed by atoms with Crippen LogP contribution < -0.4 is 16.2 Å². The first-order chi connectivity index (χ1) is 17.0. The Hall–Kier alpha value is -4.58. The van der Waals surface area contributed by atoms with E-state index >= 15 is 0 Å². The maximum atomic E-state index is 13.6. The highest BCUT2D eigenvalue weighted by molar-refractivity contribution is 5.92. The number of imidazole rings is 1. The van der Waals surface area contributed by atoms with Crippen LogP contribution in [0.25, 0.3) is 16.9 Å². The number of ether oxygens (including phenoxy) is 1. The Kier molecular flexibility index (Phi) is 5.94. The number of nitrogens with zero attached hydrogens (tertiary/aromatic N) is 5. The first-order valence-corrected chi connectivity index (χ1v) is 11.4. The van der Waals surface area contributed by atoms with Gasteiger partial charge in [-0.1, -0.05) is 18.2 Å². The van der Waals surface area contributed by atoms with E-state index in [0.717, 1.165) is 18.6 Å². The monoisotopic (exact) mass is 468 g/mol. The molecule has 1 aliphatic rings. The van der Waals surface area contributed by atoms with E-state index in [-0.39, 0.29) is 23.3 Å². The Labute approximate surface area is 201 Å². The summed E-state index contributed by atoms with van der Waals surface area (Å²) in [6.45, 7) is 1.61. The van der Waals surface area contributed by atoms with E-state index in [4.69, 9.17) is 16.9 Å². The Bertz CT molecular complexity index is 1460. The van der Waals surface area contributed by atoms with Gasteiger partial charge in [-0.05, 0) is 61.1 Å². The van der Waals surface area contributed by atoms with E-state index in [1.54, 1.807) is 33.7 Å². The van der Waals surface area contributed by atoms with Gasteiger partial charge in [0.15, 0.2) is 11.5 Å². The number of terminal acetylenes is 1. The summed E-state index contributed by atoms with van der Waals surface area (Å²) in [5.74, 6) is 3.67. The smallest absolute Gasteiger partial charge is 0.335 e. The van der Waals surface area contributed by atoms with Gasteiger partial charge in [-0.2, -0.15) is 0 Å². The van der Waals surface area contributed by atoms with Gasteiger partial charge in [-0.3, -0.25) is 13.9 Å². The molecule has 2 aromatic heterocycles. The van der Waals surface area contributed by atoms with Crippen LogP contribution in [0.2, 0.25) is 0 Å². The second-order valence-corrected chi connectivity index (χ2v) is 8.45. The Morgan fingerprint density at radius 2 is 1.74 bits per heavy atom. The zero-order valence-corrected chi connectivity index (χ0v) is 19.0. The van der Waals surface area contributed by atoms with E-state index in [0.29, 0.717) is 42.2 Å². The summed E-state index contributed by atoms with van der Waals surface area (Å²) < 4.78 is 9.05. The molecule has 2 N–H and O–H groups in total. The quantitative estimate of drug-likeness (QED) is 0.451. The molecule has 9 nitrogen and oxygen atoms in total. The highest BCUT2D eigenvalue weighted by atomic mass is 16.5. The van der Waals surface area contributed by atoms with Gasteiger partial charge in [0, 0.05) is 19.6 Å². The molecule has 1 amide bonds. The van der Waals surface area contributed by atoms with Crippen molar-refractivity contribution in [3.05, 3.63) is 71.4 Å². The third-order valence-corrected chi connectivity index (χ3v) is 6.27. The van der Waals surface area contributed by atoms with Crippen LogP contribution in [0.1, 0.15) is 12.8 Å². The third-order valence-electron chi connectivity index (χ3n) is 6.27. The molecule has 5 rings (SSSR count). The number of fused-ring (bicyclic) bond motifs is 1. The molecule has 0 bridgehead atoms. The third kappa shape index (κ3) is 4.34. The number of rotatable bonds is 5. The standard InChI is InChI=1S/C26H24N6O3/c1-2-22(33)30-14-12-18(13-15-30)16-31-25-23(24(27)28-17-29-25)32(26(31)34)19-8-10-21(11-9-19)35-20-6-4-3-5-7-20/h1,3-11,17-18H,12-16H2,(H2,27,28,29). The van der Waals surface area contributed by atoms with Gasteiger partial charge < -0.3 is 15.4 Å². The molecule has 0 unspecified atom stereocenters. The van der Waals surface area contributed by atoms with Crippen LogP contribution in [0.3, 0.4) is 0 Å². The average Bonchev–Trinajstić information content (AvgIpc) is 3.17. The first kappa shape index (κ1) is 22.2.